The number of hydrogen-bond acceptors (Lipinski definition) is 1. The van der Waals surface area contributed by atoms with Crippen molar-refractivity contribution >= 4 is 0 Å². The first-order valence-electron chi connectivity index (χ1n) is 10.8. The fraction of sp³-hybridized carbons (Fsp3) is 0.520. The minimum Gasteiger partial charge on any atom is -0.302 e. The van der Waals surface area contributed by atoms with Gasteiger partial charge in [-0.1, -0.05) is 74.2 Å². The molecule has 1 spiro atoms. The molecule has 134 valence electrons. The normalized spacial score (nSPS) is 32.5. The molecule has 0 radical (unpaired) electrons. The average molecular weight is 344 g/mol. The standard InChI is InChI=1S/C25H29N/c1-2-8-18(7-1)13-14-26-16-24-20-10-4-3-9-19(20)22-15-25(24,17-26)23-12-6-5-11-21(22)23/h3-6,9-12,18,22,24H,1-2,7-8,13-17H2. The van der Waals surface area contributed by atoms with Gasteiger partial charge in [0, 0.05) is 30.3 Å². The molecule has 1 heterocycles. The molecule has 2 aromatic rings. The summed E-state index contributed by atoms with van der Waals surface area (Å²) in [6, 6.07) is 18.8. The fourth-order valence-corrected chi connectivity index (χ4v) is 6.98. The number of hydrogen-bond donors (Lipinski definition) is 0. The van der Waals surface area contributed by atoms with E-state index >= 15 is 0 Å². The maximum atomic E-state index is 2.82. The van der Waals surface area contributed by atoms with E-state index in [-0.39, 0.29) is 0 Å². The van der Waals surface area contributed by atoms with Crippen molar-refractivity contribution in [3.8, 4) is 0 Å². The number of likely N-dealkylation sites (tertiary alicyclic amines) is 1. The first-order chi connectivity index (χ1) is 12.9. The topological polar surface area (TPSA) is 3.24 Å². The molecule has 0 aromatic heterocycles. The van der Waals surface area contributed by atoms with E-state index in [0.29, 0.717) is 17.3 Å². The summed E-state index contributed by atoms with van der Waals surface area (Å²) in [6.45, 7) is 3.87. The quantitative estimate of drug-likeness (QED) is 0.716. The van der Waals surface area contributed by atoms with Crippen LogP contribution >= 0.6 is 0 Å². The Hall–Kier alpha value is -1.60. The van der Waals surface area contributed by atoms with Crippen LogP contribution in [0.15, 0.2) is 48.5 Å². The monoisotopic (exact) mass is 343 g/mol. The van der Waals surface area contributed by atoms with Crippen molar-refractivity contribution in [2.75, 3.05) is 19.6 Å². The van der Waals surface area contributed by atoms with Gasteiger partial charge in [0.15, 0.2) is 0 Å². The van der Waals surface area contributed by atoms with Crippen LogP contribution in [-0.2, 0) is 5.41 Å². The molecule has 0 N–H and O–H groups in total. The molecule has 1 heteroatoms. The van der Waals surface area contributed by atoms with Gasteiger partial charge in [-0.25, -0.2) is 0 Å². The van der Waals surface area contributed by atoms with E-state index in [9.17, 15) is 0 Å². The zero-order chi connectivity index (χ0) is 17.1. The molecule has 1 aliphatic heterocycles. The fourth-order valence-electron chi connectivity index (χ4n) is 6.98. The van der Waals surface area contributed by atoms with Gasteiger partial charge in [0.2, 0.25) is 0 Å². The van der Waals surface area contributed by atoms with E-state index in [1.165, 1.54) is 58.2 Å². The number of fused-ring (bicyclic) bond motifs is 3. The zero-order valence-corrected chi connectivity index (χ0v) is 15.7. The zero-order valence-electron chi connectivity index (χ0n) is 15.7. The molecule has 1 nitrogen and oxygen atoms in total. The van der Waals surface area contributed by atoms with E-state index in [1.807, 2.05) is 0 Å². The van der Waals surface area contributed by atoms with Crippen LogP contribution < -0.4 is 0 Å². The second-order valence-corrected chi connectivity index (χ2v) is 9.36. The lowest BCUT2D eigenvalue weighted by Crippen LogP contribution is -2.35. The van der Waals surface area contributed by atoms with Crippen molar-refractivity contribution in [1.82, 2.24) is 4.90 Å². The van der Waals surface area contributed by atoms with Gasteiger partial charge in [0.05, 0.1) is 0 Å². The predicted octanol–water partition coefficient (Wildman–Crippen LogP) is 5.45. The van der Waals surface area contributed by atoms with Crippen LogP contribution in [0.3, 0.4) is 0 Å². The predicted molar refractivity (Wildman–Crippen MR) is 107 cm³/mol. The molecule has 2 bridgehead atoms. The average Bonchev–Trinajstić information content (AvgIpc) is 3.39. The Labute approximate surface area is 157 Å². The highest BCUT2D eigenvalue weighted by Gasteiger charge is 2.57. The van der Waals surface area contributed by atoms with E-state index in [4.69, 9.17) is 0 Å². The summed E-state index contributed by atoms with van der Waals surface area (Å²) in [5.41, 5.74) is 6.96. The number of nitrogens with zero attached hydrogens (tertiary/aromatic N) is 1. The number of benzene rings is 2. The van der Waals surface area contributed by atoms with Crippen LogP contribution in [0.4, 0.5) is 0 Å². The molecule has 1 saturated carbocycles. The van der Waals surface area contributed by atoms with Gasteiger partial charge in [-0.15, -0.1) is 0 Å². The summed E-state index contributed by atoms with van der Waals surface area (Å²) >= 11 is 0. The highest BCUT2D eigenvalue weighted by molar-refractivity contribution is 5.58. The third-order valence-corrected chi connectivity index (χ3v) is 8.13. The Kier molecular flexibility index (Phi) is 3.39. The second kappa shape index (κ2) is 5.70. The first-order valence-corrected chi connectivity index (χ1v) is 10.8. The van der Waals surface area contributed by atoms with Gasteiger partial charge >= 0.3 is 0 Å². The minimum absolute atomic E-state index is 0.380. The molecule has 26 heavy (non-hydrogen) atoms. The maximum Gasteiger partial charge on any atom is 0.0173 e. The highest BCUT2D eigenvalue weighted by atomic mass is 15.2. The molecule has 2 fully saturated rings. The summed E-state index contributed by atoms with van der Waals surface area (Å²) in [5, 5.41) is 0. The maximum absolute atomic E-state index is 2.82. The molecule has 6 rings (SSSR count). The SMILES string of the molecule is c1ccc2c(c1)C1CC3(CN(CCC4CCCC4)CC23)c2ccccc21. The lowest BCUT2D eigenvalue weighted by molar-refractivity contribution is 0.280. The Morgan fingerprint density at radius 2 is 1.62 bits per heavy atom. The summed E-state index contributed by atoms with van der Waals surface area (Å²) in [4.78, 5) is 2.82. The van der Waals surface area contributed by atoms with Crippen molar-refractivity contribution in [2.45, 2.75) is 55.8 Å². The van der Waals surface area contributed by atoms with Crippen LogP contribution in [-0.4, -0.2) is 24.5 Å². The van der Waals surface area contributed by atoms with Crippen molar-refractivity contribution in [1.29, 1.82) is 0 Å². The largest absolute Gasteiger partial charge is 0.302 e. The van der Waals surface area contributed by atoms with Crippen molar-refractivity contribution < 1.29 is 0 Å². The van der Waals surface area contributed by atoms with Crippen LogP contribution in [0.1, 0.15) is 72.6 Å². The van der Waals surface area contributed by atoms with Crippen molar-refractivity contribution in [2.24, 2.45) is 5.92 Å². The molecule has 1 saturated heterocycles. The lowest BCUT2D eigenvalue weighted by Gasteiger charge is -2.37. The smallest absolute Gasteiger partial charge is 0.0173 e. The van der Waals surface area contributed by atoms with Crippen LogP contribution in [0.5, 0.6) is 0 Å². The van der Waals surface area contributed by atoms with Gasteiger partial charge in [-0.3, -0.25) is 0 Å². The first kappa shape index (κ1) is 15.5. The van der Waals surface area contributed by atoms with Gasteiger partial charge in [0.1, 0.15) is 0 Å². The van der Waals surface area contributed by atoms with E-state index < -0.39 is 0 Å². The molecule has 0 amide bonds. The molecular formula is C25H29N. The Bertz CT molecular complexity index is 823. The van der Waals surface area contributed by atoms with Gasteiger partial charge in [-0.2, -0.15) is 0 Å². The summed E-state index contributed by atoms with van der Waals surface area (Å²) in [5.74, 6) is 2.33. The van der Waals surface area contributed by atoms with Crippen molar-refractivity contribution in [3.63, 3.8) is 0 Å². The van der Waals surface area contributed by atoms with Crippen molar-refractivity contribution in [3.05, 3.63) is 70.8 Å². The Morgan fingerprint density at radius 1 is 0.885 bits per heavy atom. The summed E-state index contributed by atoms with van der Waals surface area (Å²) in [7, 11) is 0. The molecule has 4 aliphatic rings. The minimum atomic E-state index is 0.380. The molecule has 3 atom stereocenters. The van der Waals surface area contributed by atoms with Crippen LogP contribution in [0.25, 0.3) is 0 Å². The highest BCUT2D eigenvalue weighted by Crippen LogP contribution is 2.63. The summed E-state index contributed by atoms with van der Waals surface area (Å²) in [6.07, 6.45) is 8.68. The van der Waals surface area contributed by atoms with Gasteiger partial charge in [-0.05, 0) is 47.6 Å². The van der Waals surface area contributed by atoms with Crippen LogP contribution in [0.2, 0.25) is 0 Å². The summed E-state index contributed by atoms with van der Waals surface area (Å²) < 4.78 is 0. The van der Waals surface area contributed by atoms with Gasteiger partial charge < -0.3 is 4.90 Å². The van der Waals surface area contributed by atoms with E-state index in [0.717, 1.165) is 5.92 Å². The van der Waals surface area contributed by atoms with Crippen LogP contribution in [0, 0.1) is 5.92 Å². The molecule has 3 aliphatic carbocycles. The Morgan fingerprint density at radius 3 is 2.46 bits per heavy atom. The van der Waals surface area contributed by atoms with E-state index in [1.54, 1.807) is 22.3 Å². The van der Waals surface area contributed by atoms with Gasteiger partial charge in [0.25, 0.3) is 0 Å². The molecule has 3 unspecified atom stereocenters. The lowest BCUT2D eigenvalue weighted by atomic mass is 9.65. The third-order valence-electron chi connectivity index (χ3n) is 8.13. The third kappa shape index (κ3) is 2.07. The Balaban J connectivity index is 1.38. The number of rotatable bonds is 3. The van der Waals surface area contributed by atoms with E-state index in [2.05, 4.69) is 53.4 Å². The molecule has 2 aromatic carbocycles. The second-order valence-electron chi connectivity index (χ2n) is 9.36. The molecular weight excluding hydrogens is 314 g/mol.